The van der Waals surface area contributed by atoms with Crippen LogP contribution in [0.1, 0.15) is 85.0 Å². The van der Waals surface area contributed by atoms with Crippen molar-refractivity contribution in [1.29, 1.82) is 0 Å². The lowest BCUT2D eigenvalue weighted by Crippen LogP contribution is -2.53. The smallest absolute Gasteiger partial charge is 0.303 e. The summed E-state index contributed by atoms with van der Waals surface area (Å²) in [7, 11) is 5.57. The van der Waals surface area contributed by atoms with Gasteiger partial charge in [-0.15, -0.1) is 0 Å². The quantitative estimate of drug-likeness (QED) is 0.454. The fourth-order valence-electron chi connectivity index (χ4n) is 8.31. The monoisotopic (exact) mass is 452 g/mol. The molecule has 0 saturated heterocycles. The van der Waals surface area contributed by atoms with Crippen LogP contribution in [0.2, 0.25) is 0 Å². The maximum atomic E-state index is 11.2. The summed E-state index contributed by atoms with van der Waals surface area (Å²) in [5.74, 6) is 2.27. The first-order valence-corrected chi connectivity index (χ1v) is 13.0. The second-order valence-corrected chi connectivity index (χ2v) is 11.7. The molecule has 0 radical (unpaired) electrons. The SMILES string of the molecule is COCC[C@@H]1C[C@H](OC)CC[C@]1(C)[C@@H]1C[C@@H]2CC[C@H]([C@H](C)CCC(=O)O)[C@@]2(C)[C@@H](OC)C1. The number of aliphatic carboxylic acids is 1. The largest absolute Gasteiger partial charge is 0.481 e. The van der Waals surface area contributed by atoms with Crippen LogP contribution in [0.15, 0.2) is 0 Å². The zero-order chi connectivity index (χ0) is 23.5. The van der Waals surface area contributed by atoms with E-state index < -0.39 is 5.97 Å². The van der Waals surface area contributed by atoms with Crippen LogP contribution in [-0.2, 0) is 19.0 Å². The Bertz CT molecular complexity index is 623. The topological polar surface area (TPSA) is 65.0 Å². The van der Waals surface area contributed by atoms with Gasteiger partial charge in [-0.3, -0.25) is 4.79 Å². The van der Waals surface area contributed by atoms with E-state index in [-0.39, 0.29) is 17.9 Å². The minimum Gasteiger partial charge on any atom is -0.481 e. The van der Waals surface area contributed by atoms with E-state index in [1.807, 2.05) is 21.3 Å². The van der Waals surface area contributed by atoms with Gasteiger partial charge in [0.05, 0.1) is 12.2 Å². The molecular weight excluding hydrogens is 404 g/mol. The van der Waals surface area contributed by atoms with Gasteiger partial charge in [0.1, 0.15) is 0 Å². The van der Waals surface area contributed by atoms with E-state index in [0.717, 1.165) is 38.7 Å². The van der Waals surface area contributed by atoms with Crippen LogP contribution in [-0.4, -0.2) is 51.2 Å². The molecule has 3 fully saturated rings. The van der Waals surface area contributed by atoms with Crippen LogP contribution in [0.4, 0.5) is 0 Å². The van der Waals surface area contributed by atoms with Crippen molar-refractivity contribution in [1.82, 2.24) is 0 Å². The maximum Gasteiger partial charge on any atom is 0.303 e. The molecule has 5 nitrogen and oxygen atoms in total. The molecule has 32 heavy (non-hydrogen) atoms. The molecule has 0 aromatic rings. The summed E-state index contributed by atoms with van der Waals surface area (Å²) in [4.78, 5) is 11.2. The third kappa shape index (κ3) is 4.90. The molecule has 3 rings (SSSR count). The van der Waals surface area contributed by atoms with Crippen molar-refractivity contribution in [3.63, 3.8) is 0 Å². The Kier molecular flexibility index (Phi) is 8.71. The Morgan fingerprint density at radius 1 is 1.03 bits per heavy atom. The fourth-order valence-corrected chi connectivity index (χ4v) is 8.31. The number of hydrogen-bond acceptors (Lipinski definition) is 4. The number of carbonyl (C=O) groups is 1. The molecule has 186 valence electrons. The van der Waals surface area contributed by atoms with Gasteiger partial charge >= 0.3 is 5.97 Å². The Labute approximate surface area is 196 Å². The van der Waals surface area contributed by atoms with Crippen molar-refractivity contribution < 1.29 is 24.1 Å². The second-order valence-electron chi connectivity index (χ2n) is 11.7. The Morgan fingerprint density at radius 3 is 2.41 bits per heavy atom. The van der Waals surface area contributed by atoms with Crippen LogP contribution in [0.5, 0.6) is 0 Å². The molecular formula is C27H48O5. The highest BCUT2D eigenvalue weighted by molar-refractivity contribution is 5.66. The lowest BCUT2D eigenvalue weighted by molar-refractivity contribution is -0.142. The number of carboxylic acids is 1. The minimum absolute atomic E-state index is 0.158. The molecule has 0 aromatic heterocycles. The number of ether oxygens (including phenoxy) is 3. The molecule has 3 aliphatic rings. The average Bonchev–Trinajstić information content (AvgIpc) is 3.13. The Morgan fingerprint density at radius 2 is 1.78 bits per heavy atom. The van der Waals surface area contributed by atoms with E-state index in [1.165, 1.54) is 25.7 Å². The molecule has 0 aromatic carbocycles. The van der Waals surface area contributed by atoms with E-state index in [1.54, 1.807) is 0 Å². The Hall–Kier alpha value is -0.650. The lowest BCUT2D eigenvalue weighted by atomic mass is 9.50. The molecule has 1 N–H and O–H groups in total. The normalized spacial score (nSPS) is 43.1. The lowest BCUT2D eigenvalue weighted by Gasteiger charge is -2.57. The van der Waals surface area contributed by atoms with Crippen molar-refractivity contribution in [3.8, 4) is 0 Å². The van der Waals surface area contributed by atoms with Gasteiger partial charge in [0.15, 0.2) is 0 Å². The van der Waals surface area contributed by atoms with E-state index in [9.17, 15) is 9.90 Å². The third-order valence-electron chi connectivity index (χ3n) is 10.5. The molecule has 0 spiro atoms. The van der Waals surface area contributed by atoms with Gasteiger partial charge in [-0.2, -0.15) is 0 Å². The van der Waals surface area contributed by atoms with Gasteiger partial charge in [-0.25, -0.2) is 0 Å². The van der Waals surface area contributed by atoms with Gasteiger partial charge in [0.2, 0.25) is 0 Å². The summed E-state index contributed by atoms with van der Waals surface area (Å²) >= 11 is 0. The first kappa shape index (κ1) is 26.0. The highest BCUT2D eigenvalue weighted by atomic mass is 16.5. The predicted octanol–water partition coefficient (Wildman–Crippen LogP) is 5.80. The van der Waals surface area contributed by atoms with Gasteiger partial charge in [-0.1, -0.05) is 20.8 Å². The maximum absolute atomic E-state index is 11.2. The molecule has 3 saturated carbocycles. The second kappa shape index (κ2) is 10.7. The number of hydrogen-bond donors (Lipinski definition) is 1. The van der Waals surface area contributed by atoms with Crippen molar-refractivity contribution in [3.05, 3.63) is 0 Å². The van der Waals surface area contributed by atoms with Crippen molar-refractivity contribution in [2.24, 2.45) is 40.4 Å². The average molecular weight is 453 g/mol. The molecule has 5 heteroatoms. The summed E-state index contributed by atoms with van der Waals surface area (Å²) in [6.45, 7) is 8.10. The third-order valence-corrected chi connectivity index (χ3v) is 10.5. The van der Waals surface area contributed by atoms with Crippen LogP contribution < -0.4 is 0 Å². The first-order valence-electron chi connectivity index (χ1n) is 13.0. The van der Waals surface area contributed by atoms with Gasteiger partial charge in [-0.05, 0) is 98.2 Å². The van der Waals surface area contributed by atoms with Crippen molar-refractivity contribution in [2.75, 3.05) is 27.9 Å². The summed E-state index contributed by atoms with van der Waals surface area (Å²) in [5, 5.41) is 9.19. The van der Waals surface area contributed by atoms with Gasteiger partial charge < -0.3 is 19.3 Å². The van der Waals surface area contributed by atoms with Crippen molar-refractivity contribution >= 4 is 5.97 Å². The van der Waals surface area contributed by atoms with Gasteiger partial charge in [0.25, 0.3) is 0 Å². The van der Waals surface area contributed by atoms with Crippen molar-refractivity contribution in [2.45, 2.75) is 97.2 Å². The molecule has 0 amide bonds. The highest BCUT2D eigenvalue weighted by Crippen LogP contribution is 2.64. The summed E-state index contributed by atoms with van der Waals surface area (Å²) < 4.78 is 17.6. The van der Waals surface area contributed by atoms with E-state index in [2.05, 4.69) is 20.8 Å². The van der Waals surface area contributed by atoms with Crippen LogP contribution in [0.3, 0.4) is 0 Å². The van der Waals surface area contributed by atoms with E-state index in [0.29, 0.717) is 41.1 Å². The number of rotatable bonds is 10. The fraction of sp³-hybridized carbons (Fsp3) is 0.963. The summed E-state index contributed by atoms with van der Waals surface area (Å²) in [5.41, 5.74) is 0.462. The standard InChI is InChI=1S/C27H48O5/c1-18(7-10-25(28)29)23-9-8-20-15-21(17-24(32-6)27(20,23)3)26(2)13-11-22(31-5)16-19(26)12-14-30-4/h18-24H,7-17H2,1-6H3,(H,28,29)/t18-,19-,20+,21-,22-,23-,24+,26+,27+/m1/s1. The molecule has 0 unspecified atom stereocenters. The first-order chi connectivity index (χ1) is 15.2. The zero-order valence-electron chi connectivity index (χ0n) is 21.4. The molecule has 0 aliphatic heterocycles. The minimum atomic E-state index is -0.676. The molecule has 0 heterocycles. The summed E-state index contributed by atoms with van der Waals surface area (Å²) in [6, 6.07) is 0. The highest BCUT2D eigenvalue weighted by Gasteiger charge is 2.59. The Balaban J connectivity index is 1.79. The molecule has 0 bridgehead atoms. The molecule has 9 atom stereocenters. The van der Waals surface area contributed by atoms with E-state index >= 15 is 0 Å². The van der Waals surface area contributed by atoms with Crippen LogP contribution in [0.25, 0.3) is 0 Å². The van der Waals surface area contributed by atoms with Crippen LogP contribution >= 0.6 is 0 Å². The van der Waals surface area contributed by atoms with Crippen LogP contribution in [0, 0.1) is 40.4 Å². The summed E-state index contributed by atoms with van der Waals surface area (Å²) in [6.07, 6.45) is 11.2. The zero-order valence-corrected chi connectivity index (χ0v) is 21.4. The number of methoxy groups -OCH3 is 3. The number of carboxylic acid groups (broad SMARTS) is 1. The van der Waals surface area contributed by atoms with Gasteiger partial charge in [0, 0.05) is 34.4 Å². The van der Waals surface area contributed by atoms with E-state index in [4.69, 9.17) is 14.2 Å². The number of fused-ring (bicyclic) bond motifs is 1. The predicted molar refractivity (Wildman–Crippen MR) is 127 cm³/mol. The molecule has 3 aliphatic carbocycles.